The second-order valence-electron chi connectivity index (χ2n) is 6.11. The van der Waals surface area contributed by atoms with E-state index in [-0.39, 0.29) is 29.6 Å². The summed E-state index contributed by atoms with van der Waals surface area (Å²) in [6.45, 7) is 7.84. The number of cyclic esters (lactones) is 1. The van der Waals surface area contributed by atoms with Gasteiger partial charge in [0.15, 0.2) is 0 Å². The molecule has 112 valence electrons. The van der Waals surface area contributed by atoms with Crippen molar-refractivity contribution in [3.63, 3.8) is 0 Å². The molecular weight excluding hydrogens is 258 g/mol. The summed E-state index contributed by atoms with van der Waals surface area (Å²) in [7, 11) is 0. The molecule has 0 N–H and O–H groups in total. The summed E-state index contributed by atoms with van der Waals surface area (Å²) in [6.07, 6.45) is 1.46. The second kappa shape index (κ2) is 7.29. The van der Waals surface area contributed by atoms with E-state index in [1.807, 2.05) is 27.7 Å². The zero-order valence-corrected chi connectivity index (χ0v) is 12.5. The molecule has 1 aliphatic heterocycles. The van der Waals surface area contributed by atoms with Gasteiger partial charge in [-0.05, 0) is 30.2 Å². The van der Waals surface area contributed by atoms with Gasteiger partial charge in [-0.3, -0.25) is 4.79 Å². The molecule has 0 aliphatic carbocycles. The maximum atomic E-state index is 11.8. The Hall–Kier alpha value is -1.55. The fraction of sp³-hybridized carbons (Fsp3) is 0.857. The number of azide groups is 1. The number of esters is 1. The maximum Gasteiger partial charge on any atom is 0.309 e. The minimum Gasteiger partial charge on any atom is -0.462 e. The van der Waals surface area contributed by atoms with Crippen LogP contribution in [0.2, 0.25) is 0 Å². The van der Waals surface area contributed by atoms with Gasteiger partial charge in [-0.1, -0.05) is 32.8 Å². The van der Waals surface area contributed by atoms with Gasteiger partial charge < -0.3 is 9.53 Å². The van der Waals surface area contributed by atoms with E-state index in [9.17, 15) is 9.59 Å². The largest absolute Gasteiger partial charge is 0.462 e. The zero-order valence-electron chi connectivity index (χ0n) is 12.5. The van der Waals surface area contributed by atoms with Crippen LogP contribution in [0.1, 0.15) is 40.5 Å². The molecule has 20 heavy (non-hydrogen) atoms. The van der Waals surface area contributed by atoms with Gasteiger partial charge in [0.05, 0.1) is 12.0 Å². The summed E-state index contributed by atoms with van der Waals surface area (Å²) in [4.78, 5) is 25.7. The molecule has 1 rings (SSSR count). The first-order chi connectivity index (χ1) is 9.40. The Kier molecular flexibility index (Phi) is 6.02. The van der Waals surface area contributed by atoms with Crippen molar-refractivity contribution < 1.29 is 14.3 Å². The van der Waals surface area contributed by atoms with Gasteiger partial charge >= 0.3 is 5.97 Å². The first kappa shape index (κ1) is 16.5. The fourth-order valence-electron chi connectivity index (χ4n) is 2.51. The fourth-order valence-corrected chi connectivity index (χ4v) is 2.51. The average Bonchev–Trinajstić information content (AvgIpc) is 2.76. The van der Waals surface area contributed by atoms with Crippen LogP contribution in [0, 0.1) is 23.7 Å². The molecular formula is C14H23N3O3. The zero-order chi connectivity index (χ0) is 15.3. The predicted molar refractivity (Wildman–Crippen MR) is 74.8 cm³/mol. The molecule has 1 aliphatic rings. The van der Waals surface area contributed by atoms with Crippen LogP contribution in [0.5, 0.6) is 0 Å². The number of carbonyl (C=O) groups is 2. The summed E-state index contributed by atoms with van der Waals surface area (Å²) >= 11 is 0. The molecule has 0 aromatic heterocycles. The van der Waals surface area contributed by atoms with E-state index in [2.05, 4.69) is 10.0 Å². The van der Waals surface area contributed by atoms with E-state index in [1.54, 1.807) is 0 Å². The highest BCUT2D eigenvalue weighted by molar-refractivity contribution is 5.75. The minimum absolute atomic E-state index is 0.148. The van der Waals surface area contributed by atoms with Gasteiger partial charge in [-0.15, -0.1) is 0 Å². The van der Waals surface area contributed by atoms with Crippen molar-refractivity contribution in [1.82, 2.24) is 0 Å². The lowest BCUT2D eigenvalue weighted by Crippen LogP contribution is -2.28. The number of hydrogen-bond acceptors (Lipinski definition) is 4. The van der Waals surface area contributed by atoms with Crippen molar-refractivity contribution in [2.45, 2.75) is 52.7 Å². The third kappa shape index (κ3) is 3.97. The summed E-state index contributed by atoms with van der Waals surface area (Å²) in [5.41, 5.74) is 8.69. The van der Waals surface area contributed by atoms with Gasteiger partial charge in [-0.25, -0.2) is 0 Å². The summed E-state index contributed by atoms with van der Waals surface area (Å²) in [5.74, 6) is -0.198. The van der Waals surface area contributed by atoms with Gasteiger partial charge in [0, 0.05) is 10.8 Å². The Morgan fingerprint density at radius 3 is 2.50 bits per heavy atom. The number of carbonyl (C=O) groups excluding carboxylic acids is 2. The molecule has 6 heteroatoms. The number of nitrogens with zero attached hydrogens (tertiary/aromatic N) is 3. The maximum absolute atomic E-state index is 11.8. The molecule has 0 spiro atoms. The minimum atomic E-state index is -0.467. The van der Waals surface area contributed by atoms with E-state index < -0.39 is 12.1 Å². The third-order valence-electron chi connectivity index (χ3n) is 4.04. The highest BCUT2D eigenvalue weighted by Crippen LogP contribution is 2.32. The number of rotatable bonds is 7. The van der Waals surface area contributed by atoms with E-state index in [4.69, 9.17) is 10.3 Å². The van der Waals surface area contributed by atoms with Crippen LogP contribution in [0.3, 0.4) is 0 Å². The van der Waals surface area contributed by atoms with Crippen molar-refractivity contribution in [2.75, 3.05) is 0 Å². The van der Waals surface area contributed by atoms with Crippen molar-refractivity contribution in [3.8, 4) is 0 Å². The number of ether oxygens (including phenoxy) is 1. The smallest absolute Gasteiger partial charge is 0.309 e. The summed E-state index contributed by atoms with van der Waals surface area (Å²) < 4.78 is 5.36. The molecule has 0 aromatic carbocycles. The number of hydrogen-bond donors (Lipinski definition) is 0. The molecule has 0 saturated carbocycles. The first-order valence-corrected chi connectivity index (χ1v) is 7.10. The molecule has 4 atom stereocenters. The van der Waals surface area contributed by atoms with Gasteiger partial charge in [0.2, 0.25) is 0 Å². The lowest BCUT2D eigenvalue weighted by atomic mass is 9.86. The molecule has 1 fully saturated rings. The van der Waals surface area contributed by atoms with Crippen LogP contribution in [-0.2, 0) is 14.3 Å². The molecule has 0 amide bonds. The average molecular weight is 281 g/mol. The molecule has 0 bridgehead atoms. The molecule has 0 radical (unpaired) electrons. The van der Waals surface area contributed by atoms with Crippen LogP contribution in [-0.4, -0.2) is 24.4 Å². The van der Waals surface area contributed by atoms with Gasteiger partial charge in [0.25, 0.3) is 0 Å². The van der Waals surface area contributed by atoms with Crippen LogP contribution in [0.15, 0.2) is 5.11 Å². The normalized spacial score (nSPS) is 25.2. The molecule has 0 aromatic rings. The lowest BCUT2D eigenvalue weighted by Gasteiger charge is -2.22. The van der Waals surface area contributed by atoms with Gasteiger partial charge in [-0.2, -0.15) is 0 Å². The topological polar surface area (TPSA) is 92.1 Å². The van der Waals surface area contributed by atoms with E-state index in [0.717, 1.165) is 6.29 Å². The van der Waals surface area contributed by atoms with Crippen molar-refractivity contribution in [1.29, 1.82) is 0 Å². The highest BCUT2D eigenvalue weighted by Gasteiger charge is 2.40. The van der Waals surface area contributed by atoms with E-state index in [1.165, 1.54) is 0 Å². The Morgan fingerprint density at radius 1 is 1.45 bits per heavy atom. The SMILES string of the molecule is CC(C)C1C[C@@H]([C@H](C[C@H](C=O)C(C)C)N=[N+]=[N-])OC1=O. The lowest BCUT2D eigenvalue weighted by molar-refractivity contribution is -0.145. The van der Waals surface area contributed by atoms with Crippen LogP contribution >= 0.6 is 0 Å². The predicted octanol–water partition coefficient (Wildman–Crippen LogP) is 3.11. The van der Waals surface area contributed by atoms with Crippen LogP contribution < -0.4 is 0 Å². The Labute approximate surface area is 119 Å². The van der Waals surface area contributed by atoms with Crippen LogP contribution in [0.4, 0.5) is 0 Å². The number of aldehydes is 1. The Morgan fingerprint density at radius 2 is 2.10 bits per heavy atom. The quantitative estimate of drug-likeness (QED) is 0.236. The van der Waals surface area contributed by atoms with E-state index in [0.29, 0.717) is 12.8 Å². The molecule has 6 nitrogen and oxygen atoms in total. The van der Waals surface area contributed by atoms with Crippen molar-refractivity contribution in [2.24, 2.45) is 28.8 Å². The Bertz CT molecular complexity index is 402. The van der Waals surface area contributed by atoms with Crippen LogP contribution in [0.25, 0.3) is 10.4 Å². The summed E-state index contributed by atoms with van der Waals surface area (Å²) in [5, 5.41) is 3.75. The molecule has 1 saturated heterocycles. The Balaban J connectivity index is 2.80. The summed E-state index contributed by atoms with van der Waals surface area (Å²) in [6, 6.07) is -0.467. The monoisotopic (exact) mass is 281 g/mol. The highest BCUT2D eigenvalue weighted by atomic mass is 16.6. The van der Waals surface area contributed by atoms with Crippen molar-refractivity contribution in [3.05, 3.63) is 10.4 Å². The second-order valence-corrected chi connectivity index (χ2v) is 6.11. The van der Waals surface area contributed by atoms with E-state index >= 15 is 0 Å². The van der Waals surface area contributed by atoms with Crippen molar-refractivity contribution >= 4 is 12.3 Å². The first-order valence-electron chi connectivity index (χ1n) is 7.10. The molecule has 1 heterocycles. The third-order valence-corrected chi connectivity index (χ3v) is 4.04. The standard InChI is InChI=1S/C14H23N3O3/c1-8(2)10(7-18)5-12(16-17-15)13-6-11(9(3)4)14(19)20-13/h7-13H,5-6H2,1-4H3/t10-,11?,12+,13+/m1/s1. The van der Waals surface area contributed by atoms with Gasteiger partial charge in [0.1, 0.15) is 12.4 Å². The molecule has 1 unspecified atom stereocenters.